The Bertz CT molecular complexity index is 1060. The van der Waals surface area contributed by atoms with Crippen molar-refractivity contribution in [2.45, 2.75) is 63.6 Å². The number of carbonyl (C=O) groups excluding carboxylic acids is 4. The molecule has 0 bridgehead atoms. The van der Waals surface area contributed by atoms with Crippen LogP contribution >= 0.6 is 0 Å². The van der Waals surface area contributed by atoms with E-state index < -0.39 is 35.9 Å². The lowest BCUT2D eigenvalue weighted by Gasteiger charge is -2.29. The van der Waals surface area contributed by atoms with Crippen molar-refractivity contribution in [1.82, 2.24) is 16.0 Å². The molecule has 0 aromatic heterocycles. The summed E-state index contributed by atoms with van der Waals surface area (Å²) in [5.74, 6) is -1.91. The van der Waals surface area contributed by atoms with Crippen LogP contribution in [0.4, 0.5) is 0 Å². The summed E-state index contributed by atoms with van der Waals surface area (Å²) in [6.45, 7) is 6.34. The fourth-order valence-corrected chi connectivity index (χ4v) is 3.96. The van der Waals surface area contributed by atoms with Gasteiger partial charge in [0, 0.05) is 12.8 Å². The smallest absolute Gasteiger partial charge is 0.328 e. The van der Waals surface area contributed by atoms with Gasteiger partial charge in [0.25, 0.3) is 0 Å². The van der Waals surface area contributed by atoms with Crippen LogP contribution in [0.25, 0.3) is 0 Å². The summed E-state index contributed by atoms with van der Waals surface area (Å²) in [6.07, 6.45) is 0.313. The molecule has 1 saturated heterocycles. The Kier molecular flexibility index (Phi) is 8.27. The average Bonchev–Trinajstić information content (AvgIpc) is 2.81. The summed E-state index contributed by atoms with van der Waals surface area (Å²) in [5, 5.41) is 7.97. The highest BCUT2D eigenvalue weighted by molar-refractivity contribution is 5.99. The van der Waals surface area contributed by atoms with Gasteiger partial charge in [0.05, 0.1) is 13.5 Å². The van der Waals surface area contributed by atoms with Crippen molar-refractivity contribution in [3.63, 3.8) is 0 Å². The number of carbonyl (C=O) groups is 4. The molecule has 0 aliphatic carbocycles. The van der Waals surface area contributed by atoms with Crippen LogP contribution in [0.1, 0.15) is 43.9 Å². The number of ether oxygens (including phenoxy) is 1. The zero-order valence-electron chi connectivity index (χ0n) is 20.6. The second-order valence-electron chi connectivity index (χ2n) is 9.81. The lowest BCUT2D eigenvalue weighted by molar-refractivity contribution is -0.145. The molecule has 8 heteroatoms. The van der Waals surface area contributed by atoms with Gasteiger partial charge in [-0.25, -0.2) is 4.79 Å². The molecule has 0 saturated carbocycles. The molecule has 8 nitrogen and oxygen atoms in total. The number of piperazine rings is 1. The molecule has 35 heavy (non-hydrogen) atoms. The number of hydrogen-bond acceptors (Lipinski definition) is 5. The minimum atomic E-state index is -1.01. The predicted molar refractivity (Wildman–Crippen MR) is 131 cm³/mol. The molecule has 1 aliphatic rings. The lowest BCUT2D eigenvalue weighted by Crippen LogP contribution is -2.63. The second kappa shape index (κ2) is 11.2. The lowest BCUT2D eigenvalue weighted by atomic mass is 9.86. The first-order chi connectivity index (χ1) is 16.6. The number of benzene rings is 2. The second-order valence-corrected chi connectivity index (χ2v) is 9.81. The van der Waals surface area contributed by atoms with Crippen molar-refractivity contribution < 1.29 is 23.9 Å². The van der Waals surface area contributed by atoms with Gasteiger partial charge in [-0.2, -0.15) is 0 Å². The Morgan fingerprint density at radius 3 is 2.11 bits per heavy atom. The fourth-order valence-electron chi connectivity index (χ4n) is 3.96. The standard InChI is InChI=1S/C27H33N3O5/c1-27(2,3)19-12-10-18(11-13-19)15-22(26(34)35-4)28-23(31)16-21-25(33)29-20(24(32)30-21)14-17-8-6-5-7-9-17/h5-13,20-22H,14-16H2,1-4H3,(H,28,31)(H,29,33)(H,30,32)/t20-,21-,22+/m0/s1. The number of esters is 1. The maximum absolute atomic E-state index is 12.7. The van der Waals surface area contributed by atoms with Crippen LogP contribution in [0.3, 0.4) is 0 Å². The molecule has 186 valence electrons. The van der Waals surface area contributed by atoms with Gasteiger partial charge < -0.3 is 20.7 Å². The highest BCUT2D eigenvalue weighted by Gasteiger charge is 2.35. The Morgan fingerprint density at radius 1 is 0.914 bits per heavy atom. The van der Waals surface area contributed by atoms with E-state index in [4.69, 9.17) is 4.74 Å². The minimum absolute atomic E-state index is 0.000393. The van der Waals surface area contributed by atoms with Gasteiger partial charge in [-0.3, -0.25) is 14.4 Å². The number of amides is 3. The number of nitrogens with one attached hydrogen (secondary N) is 3. The highest BCUT2D eigenvalue weighted by atomic mass is 16.5. The summed E-state index contributed by atoms with van der Waals surface area (Å²) >= 11 is 0. The molecule has 2 aromatic carbocycles. The predicted octanol–water partition coefficient (Wildman–Crippen LogP) is 1.80. The molecule has 0 spiro atoms. The van der Waals surface area contributed by atoms with Crippen LogP contribution in [0.2, 0.25) is 0 Å². The monoisotopic (exact) mass is 479 g/mol. The van der Waals surface area contributed by atoms with Crippen LogP contribution in [-0.4, -0.2) is 48.9 Å². The van der Waals surface area contributed by atoms with Crippen molar-refractivity contribution in [2.75, 3.05) is 7.11 Å². The Hall–Kier alpha value is -3.68. The van der Waals surface area contributed by atoms with Gasteiger partial charge in [0.2, 0.25) is 17.7 Å². The molecule has 3 rings (SSSR count). The van der Waals surface area contributed by atoms with Gasteiger partial charge in [-0.15, -0.1) is 0 Å². The molecule has 3 amide bonds. The van der Waals surface area contributed by atoms with E-state index in [1.807, 2.05) is 54.6 Å². The summed E-state index contributed by atoms with van der Waals surface area (Å²) in [5.41, 5.74) is 2.94. The quantitative estimate of drug-likeness (QED) is 0.500. The topological polar surface area (TPSA) is 114 Å². The highest BCUT2D eigenvalue weighted by Crippen LogP contribution is 2.22. The first-order valence-corrected chi connectivity index (χ1v) is 11.7. The molecule has 3 atom stereocenters. The third kappa shape index (κ3) is 7.15. The Morgan fingerprint density at radius 2 is 1.51 bits per heavy atom. The molecule has 1 fully saturated rings. The molecule has 1 heterocycles. The summed E-state index contributed by atoms with van der Waals surface area (Å²) in [7, 11) is 1.26. The van der Waals surface area contributed by atoms with E-state index >= 15 is 0 Å². The molecule has 1 aliphatic heterocycles. The van der Waals surface area contributed by atoms with Gasteiger partial charge in [0.1, 0.15) is 18.1 Å². The van der Waals surface area contributed by atoms with Crippen LogP contribution < -0.4 is 16.0 Å². The van der Waals surface area contributed by atoms with Crippen molar-refractivity contribution in [2.24, 2.45) is 0 Å². The van der Waals surface area contributed by atoms with Gasteiger partial charge in [-0.1, -0.05) is 75.4 Å². The third-order valence-electron chi connectivity index (χ3n) is 6.02. The normalized spacial score (nSPS) is 18.7. The van der Waals surface area contributed by atoms with Gasteiger partial charge in [0.15, 0.2) is 0 Å². The molecular weight excluding hydrogens is 446 g/mol. The van der Waals surface area contributed by atoms with E-state index in [0.717, 1.165) is 16.7 Å². The molecule has 0 unspecified atom stereocenters. The Labute approximate surface area is 205 Å². The number of methoxy groups -OCH3 is 1. The first kappa shape index (κ1) is 25.9. The number of rotatable bonds is 8. The van der Waals surface area contributed by atoms with Crippen LogP contribution in [0.5, 0.6) is 0 Å². The SMILES string of the molecule is COC(=O)[C@@H](Cc1ccc(C(C)(C)C)cc1)NC(=O)C[C@@H]1NC(=O)[C@H](Cc2ccccc2)NC1=O. The van der Waals surface area contributed by atoms with Crippen molar-refractivity contribution in [3.05, 3.63) is 71.3 Å². The van der Waals surface area contributed by atoms with Gasteiger partial charge in [-0.05, 0) is 22.1 Å². The fraction of sp³-hybridized carbons (Fsp3) is 0.407. The van der Waals surface area contributed by atoms with Crippen LogP contribution in [-0.2, 0) is 42.2 Å². The van der Waals surface area contributed by atoms with Crippen molar-refractivity contribution in [1.29, 1.82) is 0 Å². The van der Waals surface area contributed by atoms with E-state index in [9.17, 15) is 19.2 Å². The van der Waals surface area contributed by atoms with E-state index in [2.05, 4.69) is 36.7 Å². The minimum Gasteiger partial charge on any atom is -0.467 e. The third-order valence-corrected chi connectivity index (χ3v) is 6.02. The molecule has 3 N–H and O–H groups in total. The van der Waals surface area contributed by atoms with Crippen LogP contribution in [0, 0.1) is 0 Å². The average molecular weight is 480 g/mol. The molecule has 0 radical (unpaired) electrons. The van der Waals surface area contributed by atoms with Crippen molar-refractivity contribution >= 4 is 23.7 Å². The van der Waals surface area contributed by atoms with Crippen LogP contribution in [0.15, 0.2) is 54.6 Å². The summed E-state index contributed by atoms with van der Waals surface area (Å²) < 4.78 is 4.86. The largest absolute Gasteiger partial charge is 0.467 e. The van der Waals surface area contributed by atoms with E-state index in [1.165, 1.54) is 7.11 Å². The summed E-state index contributed by atoms with van der Waals surface area (Å²) in [6, 6.07) is 14.6. The summed E-state index contributed by atoms with van der Waals surface area (Å²) in [4.78, 5) is 50.1. The van der Waals surface area contributed by atoms with Gasteiger partial charge >= 0.3 is 5.97 Å². The Balaban J connectivity index is 1.59. The van der Waals surface area contributed by atoms with Crippen molar-refractivity contribution in [3.8, 4) is 0 Å². The number of hydrogen-bond donors (Lipinski definition) is 3. The molecular formula is C27H33N3O5. The zero-order valence-corrected chi connectivity index (χ0v) is 20.6. The maximum atomic E-state index is 12.7. The maximum Gasteiger partial charge on any atom is 0.328 e. The van der Waals surface area contributed by atoms with E-state index in [-0.39, 0.29) is 24.2 Å². The van der Waals surface area contributed by atoms with E-state index in [1.54, 1.807) is 0 Å². The zero-order chi connectivity index (χ0) is 25.6. The molecule has 2 aromatic rings. The first-order valence-electron chi connectivity index (χ1n) is 11.7. The van der Waals surface area contributed by atoms with E-state index in [0.29, 0.717) is 6.42 Å².